The van der Waals surface area contributed by atoms with Crippen LogP contribution in [0.25, 0.3) is 22.6 Å². The predicted molar refractivity (Wildman–Crippen MR) is 129 cm³/mol. The van der Waals surface area contributed by atoms with Gasteiger partial charge in [0.2, 0.25) is 0 Å². The van der Waals surface area contributed by atoms with E-state index in [9.17, 15) is 9.50 Å². The van der Waals surface area contributed by atoms with E-state index >= 15 is 0 Å². The third-order valence-corrected chi connectivity index (χ3v) is 8.04. The maximum atomic E-state index is 13.9. The summed E-state index contributed by atoms with van der Waals surface area (Å²) in [6, 6.07) is 11.1. The van der Waals surface area contributed by atoms with Gasteiger partial charge in [0.15, 0.2) is 0 Å². The highest BCUT2D eigenvalue weighted by atomic mass is 79.9. The molecular weight excluding hydrogens is 501 g/mol. The summed E-state index contributed by atoms with van der Waals surface area (Å²) in [5.41, 5.74) is 2.36. The Hall–Kier alpha value is -1.38. The van der Waals surface area contributed by atoms with Gasteiger partial charge in [0.05, 0.1) is 27.5 Å². The second-order valence-electron chi connectivity index (χ2n) is 8.26. The Morgan fingerprint density at radius 2 is 2.00 bits per heavy atom. The van der Waals surface area contributed by atoms with Gasteiger partial charge in [0.1, 0.15) is 11.6 Å². The van der Waals surface area contributed by atoms with Crippen molar-refractivity contribution in [3.05, 3.63) is 57.9 Å². The van der Waals surface area contributed by atoms with Crippen molar-refractivity contribution in [2.24, 2.45) is 5.92 Å². The van der Waals surface area contributed by atoms with Crippen LogP contribution in [0.1, 0.15) is 27.2 Å². The maximum Gasteiger partial charge on any atom is 0.138 e. The van der Waals surface area contributed by atoms with E-state index < -0.39 is 0 Å². The van der Waals surface area contributed by atoms with Crippen molar-refractivity contribution >= 4 is 39.5 Å². The third kappa shape index (κ3) is 4.71. The van der Waals surface area contributed by atoms with Crippen molar-refractivity contribution in [3.8, 4) is 22.6 Å². The number of halogens is 3. The summed E-state index contributed by atoms with van der Waals surface area (Å²) in [5, 5.41) is 11.2. The van der Waals surface area contributed by atoms with Crippen molar-refractivity contribution < 1.29 is 9.50 Å². The van der Waals surface area contributed by atoms with E-state index in [-0.39, 0.29) is 24.0 Å². The number of imidazole rings is 1. The number of nitrogens with one attached hydrogen (secondary N) is 1. The molecule has 8 heteroatoms. The summed E-state index contributed by atoms with van der Waals surface area (Å²) >= 11 is 11.3. The minimum Gasteiger partial charge on any atom is -0.391 e. The normalized spacial score (nSPS) is 21.9. The Morgan fingerprint density at radius 3 is 2.71 bits per heavy atom. The van der Waals surface area contributed by atoms with Gasteiger partial charge < -0.3 is 10.1 Å². The van der Waals surface area contributed by atoms with Crippen molar-refractivity contribution in [2.45, 2.75) is 50.3 Å². The molecule has 0 amide bonds. The lowest BCUT2D eigenvalue weighted by atomic mass is 10.0. The first-order valence-electron chi connectivity index (χ1n) is 10.2. The first kappa shape index (κ1) is 22.8. The standard InChI is InChI=1S/C23H24BrClFN3OS/c1-12(2)22-20(30)8-13(3)29(22)31-21-10-15(5-7-17(21)25)23-27-11-19(28-23)14-4-6-16(24)18(26)9-14/h4-7,9-13,20,22,30H,8H2,1-3H3,(H,27,28). The highest BCUT2D eigenvalue weighted by Crippen LogP contribution is 2.41. The summed E-state index contributed by atoms with van der Waals surface area (Å²) in [5.74, 6) is 0.695. The second-order valence-corrected chi connectivity index (χ2v) is 10.6. The van der Waals surface area contributed by atoms with Crippen molar-refractivity contribution in [2.75, 3.05) is 0 Å². The first-order chi connectivity index (χ1) is 14.7. The van der Waals surface area contributed by atoms with Crippen molar-refractivity contribution in [3.63, 3.8) is 0 Å². The van der Waals surface area contributed by atoms with Gasteiger partial charge in [-0.3, -0.25) is 0 Å². The topological polar surface area (TPSA) is 52.1 Å². The number of rotatable bonds is 5. The molecule has 0 spiro atoms. The highest BCUT2D eigenvalue weighted by Gasteiger charge is 2.40. The molecule has 1 aromatic heterocycles. The molecule has 3 unspecified atom stereocenters. The molecule has 164 valence electrons. The summed E-state index contributed by atoms with van der Waals surface area (Å²) in [6.07, 6.45) is 2.11. The SMILES string of the molecule is CC(C)C1C(O)CC(C)N1Sc1cc(-c2ncc(-c3ccc(Br)c(F)c3)[nH]2)ccc1Cl. The molecule has 1 saturated heterocycles. The zero-order valence-corrected chi connectivity index (χ0v) is 20.6. The monoisotopic (exact) mass is 523 g/mol. The molecule has 3 atom stereocenters. The Labute approximate surface area is 199 Å². The molecular formula is C23H24BrClFN3OS. The minimum atomic E-state index is -0.344. The third-order valence-electron chi connectivity index (χ3n) is 5.60. The number of aromatic nitrogens is 2. The van der Waals surface area contributed by atoms with Crippen molar-refractivity contribution in [1.82, 2.24) is 14.3 Å². The van der Waals surface area contributed by atoms with Crippen LogP contribution >= 0.6 is 39.5 Å². The number of hydrogen-bond acceptors (Lipinski definition) is 4. The summed E-state index contributed by atoms with van der Waals surface area (Å²) in [4.78, 5) is 8.68. The van der Waals surface area contributed by atoms with Gasteiger partial charge in [-0.2, -0.15) is 0 Å². The fourth-order valence-electron chi connectivity index (χ4n) is 4.06. The van der Waals surface area contributed by atoms with Crippen LogP contribution in [0.4, 0.5) is 4.39 Å². The Kier molecular flexibility index (Phi) is 6.79. The smallest absolute Gasteiger partial charge is 0.138 e. The molecule has 0 saturated carbocycles. The maximum absolute atomic E-state index is 13.9. The lowest BCUT2D eigenvalue weighted by molar-refractivity contribution is 0.120. The largest absolute Gasteiger partial charge is 0.391 e. The van der Waals surface area contributed by atoms with Gasteiger partial charge >= 0.3 is 0 Å². The number of aliphatic hydroxyl groups excluding tert-OH is 1. The zero-order chi connectivity index (χ0) is 22.3. The average molecular weight is 525 g/mol. The number of benzene rings is 2. The molecule has 0 aliphatic carbocycles. The summed E-state index contributed by atoms with van der Waals surface area (Å²) in [6.45, 7) is 6.40. The quantitative estimate of drug-likeness (QED) is 0.361. The number of H-pyrrole nitrogens is 1. The Balaban J connectivity index is 1.61. The van der Waals surface area contributed by atoms with E-state index in [1.165, 1.54) is 6.07 Å². The van der Waals surface area contributed by atoms with Gasteiger partial charge in [-0.1, -0.05) is 31.5 Å². The second kappa shape index (κ2) is 9.24. The number of aliphatic hydroxyl groups is 1. The predicted octanol–water partition coefficient (Wildman–Crippen LogP) is 6.79. The lowest BCUT2D eigenvalue weighted by Crippen LogP contribution is -2.37. The van der Waals surface area contributed by atoms with Gasteiger partial charge in [0.25, 0.3) is 0 Å². The van der Waals surface area contributed by atoms with E-state index in [0.717, 1.165) is 28.1 Å². The van der Waals surface area contributed by atoms with Gasteiger partial charge in [-0.05, 0) is 77.5 Å². The molecule has 3 aromatic rings. The fourth-order valence-corrected chi connectivity index (χ4v) is 5.86. The molecule has 31 heavy (non-hydrogen) atoms. The molecule has 2 aromatic carbocycles. The summed E-state index contributed by atoms with van der Waals surface area (Å²) in [7, 11) is 0. The van der Waals surface area contributed by atoms with Crippen LogP contribution in [0.5, 0.6) is 0 Å². The first-order valence-corrected chi connectivity index (χ1v) is 12.1. The van der Waals surface area contributed by atoms with Crippen LogP contribution in [0.3, 0.4) is 0 Å². The van der Waals surface area contributed by atoms with E-state index in [1.54, 1.807) is 24.2 Å². The molecule has 4 nitrogen and oxygen atoms in total. The van der Waals surface area contributed by atoms with Crippen LogP contribution in [0.15, 0.2) is 52.0 Å². The van der Waals surface area contributed by atoms with Crippen LogP contribution in [0, 0.1) is 11.7 Å². The Bertz CT molecular complexity index is 1090. The molecule has 4 rings (SSSR count). The van der Waals surface area contributed by atoms with Crippen molar-refractivity contribution in [1.29, 1.82) is 0 Å². The van der Waals surface area contributed by atoms with E-state index in [0.29, 0.717) is 21.2 Å². The van der Waals surface area contributed by atoms with Crippen LogP contribution < -0.4 is 0 Å². The molecule has 1 aliphatic rings. The molecule has 2 heterocycles. The van der Waals surface area contributed by atoms with E-state index in [4.69, 9.17) is 11.6 Å². The average Bonchev–Trinajstić information content (AvgIpc) is 3.30. The molecule has 0 bridgehead atoms. The number of hydrogen-bond donors (Lipinski definition) is 2. The molecule has 1 aliphatic heterocycles. The molecule has 0 radical (unpaired) electrons. The Morgan fingerprint density at radius 1 is 1.26 bits per heavy atom. The number of nitrogens with zero attached hydrogens (tertiary/aromatic N) is 2. The minimum absolute atomic E-state index is 0.0715. The van der Waals surface area contributed by atoms with Gasteiger partial charge in [-0.15, -0.1) is 0 Å². The fraction of sp³-hybridized carbons (Fsp3) is 0.348. The zero-order valence-electron chi connectivity index (χ0n) is 17.4. The molecule has 2 N–H and O–H groups in total. The molecule has 1 fully saturated rings. The summed E-state index contributed by atoms with van der Waals surface area (Å²) < 4.78 is 16.6. The van der Waals surface area contributed by atoms with Crippen LogP contribution in [-0.2, 0) is 0 Å². The van der Waals surface area contributed by atoms with Gasteiger partial charge in [-0.25, -0.2) is 13.7 Å². The van der Waals surface area contributed by atoms with Crippen LogP contribution in [-0.4, -0.2) is 37.6 Å². The van der Waals surface area contributed by atoms with Gasteiger partial charge in [0, 0.05) is 28.1 Å². The highest BCUT2D eigenvalue weighted by molar-refractivity contribution is 9.10. The van der Waals surface area contributed by atoms with Crippen LogP contribution in [0.2, 0.25) is 5.02 Å². The van der Waals surface area contributed by atoms with E-state index in [1.807, 2.05) is 24.3 Å². The lowest BCUT2D eigenvalue weighted by Gasteiger charge is -2.30. The van der Waals surface area contributed by atoms with E-state index in [2.05, 4.69) is 51.0 Å². The number of aromatic amines is 1.